The van der Waals surface area contributed by atoms with Gasteiger partial charge in [-0.3, -0.25) is 0 Å². The van der Waals surface area contributed by atoms with E-state index in [-0.39, 0.29) is 6.03 Å². The van der Waals surface area contributed by atoms with Crippen LogP contribution in [-0.4, -0.2) is 38.5 Å². The maximum absolute atomic E-state index is 11.9. The third-order valence-corrected chi connectivity index (χ3v) is 4.04. The Bertz CT molecular complexity index is 737. The van der Waals surface area contributed by atoms with E-state index >= 15 is 0 Å². The van der Waals surface area contributed by atoms with Crippen LogP contribution in [0.2, 0.25) is 0 Å². The van der Waals surface area contributed by atoms with Crippen LogP contribution in [0.1, 0.15) is 11.1 Å². The van der Waals surface area contributed by atoms with Crippen LogP contribution in [0.5, 0.6) is 0 Å². The molecule has 1 heterocycles. The van der Waals surface area contributed by atoms with Gasteiger partial charge in [-0.2, -0.15) is 5.10 Å². The summed E-state index contributed by atoms with van der Waals surface area (Å²) in [5, 5.41) is 6.76. The maximum Gasteiger partial charge on any atom is 0.339 e. The van der Waals surface area contributed by atoms with Crippen molar-refractivity contribution in [3.63, 3.8) is 0 Å². The fourth-order valence-corrected chi connectivity index (χ4v) is 2.62. The van der Waals surface area contributed by atoms with Gasteiger partial charge in [0.25, 0.3) is 0 Å². The lowest BCUT2D eigenvalue weighted by molar-refractivity contribution is 0.122. The lowest BCUT2D eigenvalue weighted by Gasteiger charge is -2.28. The summed E-state index contributed by atoms with van der Waals surface area (Å²) >= 11 is 0. The van der Waals surface area contributed by atoms with Crippen molar-refractivity contribution in [2.45, 2.75) is 6.92 Å². The van der Waals surface area contributed by atoms with Crippen LogP contribution < -0.4 is 15.6 Å². The van der Waals surface area contributed by atoms with Crippen LogP contribution in [0, 0.1) is 6.92 Å². The molecule has 2 N–H and O–H groups in total. The molecule has 1 fully saturated rings. The molecule has 0 radical (unpaired) electrons. The van der Waals surface area contributed by atoms with Gasteiger partial charge in [-0.25, -0.2) is 10.2 Å². The van der Waals surface area contributed by atoms with Crippen LogP contribution in [-0.2, 0) is 4.74 Å². The molecule has 6 nitrogen and oxygen atoms in total. The van der Waals surface area contributed by atoms with Crippen LogP contribution in [0.4, 0.5) is 16.2 Å². The molecule has 0 spiro atoms. The van der Waals surface area contributed by atoms with Crippen molar-refractivity contribution in [1.29, 1.82) is 0 Å². The van der Waals surface area contributed by atoms with Crippen LogP contribution >= 0.6 is 0 Å². The minimum atomic E-state index is -0.365. The number of rotatable bonds is 4. The molecule has 0 aliphatic carbocycles. The second-order valence-corrected chi connectivity index (χ2v) is 5.83. The summed E-state index contributed by atoms with van der Waals surface area (Å²) in [6.45, 7) is 5.29. The zero-order valence-corrected chi connectivity index (χ0v) is 14.2. The fraction of sp³-hybridized carbons (Fsp3) is 0.263. The van der Waals surface area contributed by atoms with E-state index in [0.717, 1.165) is 43.1 Å². The van der Waals surface area contributed by atoms with Crippen molar-refractivity contribution in [2.75, 3.05) is 36.5 Å². The van der Waals surface area contributed by atoms with E-state index < -0.39 is 0 Å². The number of carbonyl (C=O) groups excluding carboxylic acids is 1. The highest BCUT2D eigenvalue weighted by Crippen LogP contribution is 2.16. The lowest BCUT2D eigenvalue weighted by Crippen LogP contribution is -2.36. The molecule has 2 aromatic carbocycles. The van der Waals surface area contributed by atoms with Crippen LogP contribution in [0.3, 0.4) is 0 Å². The normalized spacial score (nSPS) is 14.5. The van der Waals surface area contributed by atoms with Crippen LogP contribution in [0.25, 0.3) is 0 Å². The smallest absolute Gasteiger partial charge is 0.339 e. The van der Waals surface area contributed by atoms with Gasteiger partial charge in [-0.15, -0.1) is 0 Å². The van der Waals surface area contributed by atoms with Crippen molar-refractivity contribution in [3.8, 4) is 0 Å². The largest absolute Gasteiger partial charge is 0.378 e. The zero-order chi connectivity index (χ0) is 17.5. The average Bonchev–Trinajstić information content (AvgIpc) is 2.65. The SMILES string of the molecule is Cc1ccccc1NC(=O)NN=Cc1ccc(N2CCOCC2)cc1. The molecule has 2 amide bonds. The van der Waals surface area contributed by atoms with E-state index in [1.165, 1.54) is 5.69 Å². The van der Waals surface area contributed by atoms with E-state index in [9.17, 15) is 4.79 Å². The number of urea groups is 1. The van der Waals surface area contributed by atoms with E-state index in [2.05, 4.69) is 32.9 Å². The first kappa shape index (κ1) is 17.0. The van der Waals surface area contributed by atoms with E-state index in [1.54, 1.807) is 6.21 Å². The minimum absolute atomic E-state index is 0.365. The van der Waals surface area contributed by atoms with E-state index in [1.807, 2.05) is 43.3 Å². The van der Waals surface area contributed by atoms with Gasteiger partial charge in [0, 0.05) is 24.5 Å². The summed E-state index contributed by atoms with van der Waals surface area (Å²) in [6.07, 6.45) is 1.63. The number of hydrazone groups is 1. The topological polar surface area (TPSA) is 66.0 Å². The summed E-state index contributed by atoms with van der Waals surface area (Å²) in [6, 6.07) is 15.3. The number of aryl methyl sites for hydroxylation is 1. The molecule has 3 rings (SSSR count). The monoisotopic (exact) mass is 338 g/mol. The van der Waals surface area contributed by atoms with Gasteiger partial charge in [-0.05, 0) is 36.2 Å². The molecular weight excluding hydrogens is 316 g/mol. The number of benzene rings is 2. The summed E-state index contributed by atoms with van der Waals surface area (Å²) in [5.41, 5.74) is 6.34. The number of nitrogens with zero attached hydrogens (tertiary/aromatic N) is 2. The predicted molar refractivity (Wildman–Crippen MR) is 100 cm³/mol. The second-order valence-electron chi connectivity index (χ2n) is 5.83. The number of para-hydroxylation sites is 1. The Morgan fingerprint density at radius 2 is 1.84 bits per heavy atom. The van der Waals surface area contributed by atoms with E-state index in [0.29, 0.717) is 0 Å². The third kappa shape index (κ3) is 4.81. The van der Waals surface area contributed by atoms with E-state index in [4.69, 9.17) is 4.74 Å². The number of anilines is 2. The Kier molecular flexibility index (Phi) is 5.64. The molecule has 1 saturated heterocycles. The Labute approximate surface area is 147 Å². The van der Waals surface area contributed by atoms with Gasteiger partial charge >= 0.3 is 6.03 Å². The van der Waals surface area contributed by atoms with Gasteiger partial charge < -0.3 is 15.0 Å². The molecular formula is C19H22N4O2. The molecule has 25 heavy (non-hydrogen) atoms. The first-order valence-electron chi connectivity index (χ1n) is 8.31. The molecule has 0 unspecified atom stereocenters. The first-order valence-corrected chi connectivity index (χ1v) is 8.31. The van der Waals surface area contributed by atoms with Gasteiger partial charge in [-0.1, -0.05) is 30.3 Å². The summed E-state index contributed by atoms with van der Waals surface area (Å²) < 4.78 is 5.36. The number of morpholine rings is 1. The third-order valence-electron chi connectivity index (χ3n) is 4.04. The molecule has 0 bridgehead atoms. The number of amides is 2. The highest BCUT2D eigenvalue weighted by atomic mass is 16.5. The molecule has 130 valence electrons. The summed E-state index contributed by atoms with van der Waals surface area (Å²) in [7, 11) is 0. The second kappa shape index (κ2) is 8.30. The first-order chi connectivity index (χ1) is 12.2. The minimum Gasteiger partial charge on any atom is -0.378 e. The predicted octanol–water partition coefficient (Wildman–Crippen LogP) is 2.99. The van der Waals surface area contributed by atoms with Crippen molar-refractivity contribution in [1.82, 2.24) is 5.43 Å². The zero-order valence-electron chi connectivity index (χ0n) is 14.2. The number of hydrogen-bond acceptors (Lipinski definition) is 4. The summed E-state index contributed by atoms with van der Waals surface area (Å²) in [5.74, 6) is 0. The maximum atomic E-state index is 11.9. The highest BCUT2D eigenvalue weighted by Gasteiger charge is 2.10. The Morgan fingerprint density at radius 1 is 1.12 bits per heavy atom. The lowest BCUT2D eigenvalue weighted by atomic mass is 10.2. The molecule has 6 heteroatoms. The molecule has 1 aliphatic heterocycles. The van der Waals surface area contributed by atoms with Gasteiger partial charge in [0.05, 0.1) is 19.4 Å². The average molecular weight is 338 g/mol. The quantitative estimate of drug-likeness (QED) is 0.665. The molecule has 0 aromatic heterocycles. The fourth-order valence-electron chi connectivity index (χ4n) is 2.62. The van der Waals surface area contributed by atoms with Gasteiger partial charge in [0.2, 0.25) is 0 Å². The van der Waals surface area contributed by atoms with Crippen molar-refractivity contribution in [2.24, 2.45) is 5.10 Å². The standard InChI is InChI=1S/C19H22N4O2/c1-15-4-2-3-5-18(15)21-19(24)22-20-14-16-6-8-17(9-7-16)23-10-12-25-13-11-23/h2-9,14H,10-13H2,1H3,(H2,21,22,24). The number of hydrogen-bond donors (Lipinski definition) is 2. The molecule has 0 atom stereocenters. The number of nitrogens with one attached hydrogen (secondary N) is 2. The molecule has 0 saturated carbocycles. The van der Waals surface area contributed by atoms with Crippen molar-refractivity contribution < 1.29 is 9.53 Å². The van der Waals surface area contributed by atoms with Gasteiger partial charge in [0.1, 0.15) is 0 Å². The molecule has 2 aromatic rings. The highest BCUT2D eigenvalue weighted by molar-refractivity contribution is 5.91. The Hall–Kier alpha value is -2.86. The number of carbonyl (C=O) groups is 1. The van der Waals surface area contributed by atoms with Crippen LogP contribution in [0.15, 0.2) is 53.6 Å². The summed E-state index contributed by atoms with van der Waals surface area (Å²) in [4.78, 5) is 14.2. The number of ether oxygens (including phenoxy) is 1. The van der Waals surface area contributed by atoms with Crippen molar-refractivity contribution in [3.05, 3.63) is 59.7 Å². The molecule has 1 aliphatic rings. The van der Waals surface area contributed by atoms with Crippen molar-refractivity contribution >= 4 is 23.6 Å². The Balaban J connectivity index is 1.51. The Morgan fingerprint density at radius 3 is 2.56 bits per heavy atom. The van der Waals surface area contributed by atoms with Gasteiger partial charge in [0.15, 0.2) is 0 Å².